The van der Waals surface area contributed by atoms with Crippen LogP contribution in [0, 0.1) is 0 Å². The van der Waals surface area contributed by atoms with Crippen LogP contribution >= 0.6 is 0 Å². The fourth-order valence-corrected chi connectivity index (χ4v) is 0.231. The summed E-state index contributed by atoms with van der Waals surface area (Å²) in [7, 11) is 1.09. The Morgan fingerprint density at radius 3 is 1.83 bits per heavy atom. The molecule has 0 aromatic rings. The summed E-state index contributed by atoms with van der Waals surface area (Å²) >= 11 is -2.32. The number of ether oxygens (including phenoxy) is 1. The Kier molecular flexibility index (Phi) is 16.3. The molecule has 6 nitrogen and oxygen atoms in total. The van der Waals surface area contributed by atoms with Gasteiger partial charge in [0.05, 0.1) is 44.9 Å². The summed E-state index contributed by atoms with van der Waals surface area (Å²) < 4.78 is 26.6. The normalized spacial score (nSPS) is 11.7. The van der Waals surface area contributed by atoms with E-state index >= 15 is 0 Å². The minimum Gasteiger partial charge on any atom is -0.750 e. The SMILES string of the molecule is COS(=O)[O-].OCCOCCO. The van der Waals surface area contributed by atoms with Crippen molar-refractivity contribution in [2.45, 2.75) is 0 Å². The Balaban J connectivity index is 0. The molecule has 1 atom stereocenters. The van der Waals surface area contributed by atoms with Crippen LogP contribution in [0.25, 0.3) is 0 Å². The van der Waals surface area contributed by atoms with Crippen LogP contribution in [0.15, 0.2) is 0 Å². The van der Waals surface area contributed by atoms with Crippen LogP contribution in [0.5, 0.6) is 0 Å². The van der Waals surface area contributed by atoms with E-state index in [1.165, 1.54) is 0 Å². The maximum absolute atomic E-state index is 9.15. The first-order valence-corrected chi connectivity index (χ1v) is 4.12. The van der Waals surface area contributed by atoms with E-state index in [0.29, 0.717) is 13.2 Å². The molecule has 0 radical (unpaired) electrons. The Hall–Kier alpha value is -0.0500. The highest BCUT2D eigenvalue weighted by molar-refractivity contribution is 7.74. The molecular weight excluding hydrogens is 188 g/mol. The molecule has 0 saturated carbocycles. The number of hydrogen-bond acceptors (Lipinski definition) is 6. The Labute approximate surface area is 73.6 Å². The first kappa shape index (κ1) is 14.5. The van der Waals surface area contributed by atoms with Crippen molar-refractivity contribution >= 4 is 11.4 Å². The van der Waals surface area contributed by atoms with Gasteiger partial charge in [0.25, 0.3) is 0 Å². The molecule has 0 aromatic carbocycles. The van der Waals surface area contributed by atoms with Crippen molar-refractivity contribution in [3.05, 3.63) is 0 Å². The lowest BCUT2D eigenvalue weighted by Gasteiger charge is -1.94. The Bertz CT molecular complexity index is 93.9. The molecule has 0 aliphatic carbocycles. The smallest absolute Gasteiger partial charge is 0.0839 e. The number of aliphatic hydroxyl groups is 2. The van der Waals surface area contributed by atoms with Crippen LogP contribution in [0.1, 0.15) is 0 Å². The van der Waals surface area contributed by atoms with Crippen molar-refractivity contribution in [1.82, 2.24) is 0 Å². The second-order valence-corrected chi connectivity index (χ2v) is 2.17. The van der Waals surface area contributed by atoms with Gasteiger partial charge < -0.3 is 23.7 Å². The monoisotopic (exact) mass is 201 g/mol. The third-order valence-electron chi connectivity index (χ3n) is 0.607. The van der Waals surface area contributed by atoms with Gasteiger partial charge in [-0.3, -0.25) is 0 Å². The average molecular weight is 201 g/mol. The third-order valence-corrected chi connectivity index (χ3v) is 0.879. The molecule has 0 aliphatic heterocycles. The van der Waals surface area contributed by atoms with Crippen LogP contribution < -0.4 is 0 Å². The van der Waals surface area contributed by atoms with Crippen molar-refractivity contribution < 1.29 is 27.9 Å². The van der Waals surface area contributed by atoms with Gasteiger partial charge in [0.1, 0.15) is 0 Å². The predicted octanol–water partition coefficient (Wildman–Crippen LogP) is -1.59. The van der Waals surface area contributed by atoms with Crippen molar-refractivity contribution in [3.63, 3.8) is 0 Å². The summed E-state index contributed by atoms with van der Waals surface area (Å²) in [5.74, 6) is 0. The van der Waals surface area contributed by atoms with E-state index in [-0.39, 0.29) is 13.2 Å². The molecule has 0 rings (SSSR count). The van der Waals surface area contributed by atoms with E-state index in [0.717, 1.165) is 7.11 Å². The minimum atomic E-state index is -2.32. The van der Waals surface area contributed by atoms with E-state index in [2.05, 4.69) is 8.92 Å². The maximum Gasteiger partial charge on any atom is 0.0839 e. The van der Waals surface area contributed by atoms with Gasteiger partial charge in [-0.25, -0.2) is 4.21 Å². The van der Waals surface area contributed by atoms with Crippen molar-refractivity contribution in [1.29, 1.82) is 0 Å². The largest absolute Gasteiger partial charge is 0.750 e. The van der Waals surface area contributed by atoms with E-state index < -0.39 is 11.4 Å². The molecule has 0 saturated heterocycles. The van der Waals surface area contributed by atoms with Gasteiger partial charge in [-0.05, 0) is 0 Å². The Morgan fingerprint density at radius 2 is 1.67 bits per heavy atom. The van der Waals surface area contributed by atoms with Crippen molar-refractivity contribution in [2.24, 2.45) is 0 Å². The summed E-state index contributed by atoms with van der Waals surface area (Å²) in [6.07, 6.45) is 0. The van der Waals surface area contributed by atoms with E-state index in [1.807, 2.05) is 0 Å². The molecule has 0 bridgehead atoms. The van der Waals surface area contributed by atoms with Gasteiger partial charge in [0, 0.05) is 0 Å². The molecule has 1 unspecified atom stereocenters. The van der Waals surface area contributed by atoms with Gasteiger partial charge in [0.2, 0.25) is 0 Å². The first-order valence-electron chi connectivity index (χ1n) is 3.12. The average Bonchev–Trinajstić information content (AvgIpc) is 2.07. The summed E-state index contributed by atoms with van der Waals surface area (Å²) in [6.45, 7) is 0.696. The van der Waals surface area contributed by atoms with Crippen molar-refractivity contribution in [3.8, 4) is 0 Å². The standard InChI is InChI=1S/C4H10O3.CH4O3S/c5-1-3-7-4-2-6;1-4-5(2)3/h5-6H,1-4H2;1H3,(H,2,3)/p-1. The van der Waals surface area contributed by atoms with Gasteiger partial charge in [-0.1, -0.05) is 0 Å². The number of hydrogen-bond donors (Lipinski definition) is 2. The highest BCUT2D eigenvalue weighted by Crippen LogP contribution is 1.68. The van der Waals surface area contributed by atoms with Crippen LogP contribution in [-0.4, -0.2) is 52.5 Å². The van der Waals surface area contributed by atoms with Crippen LogP contribution in [0.2, 0.25) is 0 Å². The second-order valence-electron chi connectivity index (χ2n) is 1.43. The van der Waals surface area contributed by atoms with Crippen LogP contribution in [0.4, 0.5) is 0 Å². The molecular formula is C5H13O6S-. The Morgan fingerprint density at radius 1 is 1.33 bits per heavy atom. The maximum atomic E-state index is 9.15. The number of aliphatic hydroxyl groups excluding tert-OH is 2. The zero-order chi connectivity index (χ0) is 9.82. The van der Waals surface area contributed by atoms with E-state index in [1.54, 1.807) is 0 Å². The fraction of sp³-hybridized carbons (Fsp3) is 1.00. The van der Waals surface area contributed by atoms with Crippen LogP contribution in [0.3, 0.4) is 0 Å². The quantitative estimate of drug-likeness (QED) is 0.411. The summed E-state index contributed by atoms with van der Waals surface area (Å²) in [6, 6.07) is 0. The molecule has 0 fully saturated rings. The lowest BCUT2D eigenvalue weighted by Crippen LogP contribution is -2.03. The molecule has 7 heteroatoms. The lowest BCUT2D eigenvalue weighted by molar-refractivity contribution is 0.0650. The van der Waals surface area contributed by atoms with E-state index in [4.69, 9.17) is 19.0 Å². The summed E-state index contributed by atoms with van der Waals surface area (Å²) in [5, 5.41) is 16.2. The predicted molar refractivity (Wildman–Crippen MR) is 40.9 cm³/mol. The van der Waals surface area contributed by atoms with Gasteiger partial charge in [-0.15, -0.1) is 0 Å². The summed E-state index contributed by atoms with van der Waals surface area (Å²) in [5.41, 5.74) is 0. The highest BCUT2D eigenvalue weighted by Gasteiger charge is 1.79. The molecule has 0 aliphatic rings. The van der Waals surface area contributed by atoms with Gasteiger partial charge in [-0.2, -0.15) is 0 Å². The highest BCUT2D eigenvalue weighted by atomic mass is 32.2. The van der Waals surface area contributed by atoms with Gasteiger partial charge >= 0.3 is 0 Å². The minimum absolute atomic E-state index is 0.0278. The van der Waals surface area contributed by atoms with Crippen LogP contribution in [-0.2, 0) is 20.3 Å². The second kappa shape index (κ2) is 13.5. The number of rotatable bonds is 5. The molecule has 12 heavy (non-hydrogen) atoms. The van der Waals surface area contributed by atoms with Crippen molar-refractivity contribution in [2.75, 3.05) is 33.5 Å². The molecule has 0 heterocycles. The zero-order valence-corrected chi connectivity index (χ0v) is 7.58. The first-order chi connectivity index (χ1) is 5.68. The third kappa shape index (κ3) is 22.5. The lowest BCUT2D eigenvalue weighted by atomic mass is 10.7. The molecule has 0 spiro atoms. The summed E-state index contributed by atoms with van der Waals surface area (Å²) in [4.78, 5) is 0. The van der Waals surface area contributed by atoms with E-state index in [9.17, 15) is 0 Å². The topological polar surface area (TPSA) is 99.1 Å². The zero-order valence-electron chi connectivity index (χ0n) is 6.76. The molecule has 2 N–H and O–H groups in total. The van der Waals surface area contributed by atoms with Gasteiger partial charge in [0.15, 0.2) is 0 Å². The molecule has 76 valence electrons. The molecule has 0 amide bonds. The fourth-order valence-electron chi connectivity index (χ4n) is 0.231. The molecule has 0 aromatic heterocycles.